The fourth-order valence-corrected chi connectivity index (χ4v) is 6.84. The molecule has 8 amide bonds. The van der Waals surface area contributed by atoms with Gasteiger partial charge < -0.3 is 97.9 Å². The first kappa shape index (κ1) is 58.8. The van der Waals surface area contributed by atoms with Crippen molar-refractivity contribution in [3.8, 4) is 0 Å². The first-order valence-corrected chi connectivity index (χ1v) is 21.6. The van der Waals surface area contributed by atoms with Gasteiger partial charge in [-0.05, 0) is 6.07 Å². The van der Waals surface area contributed by atoms with Crippen molar-refractivity contribution in [3.63, 3.8) is 0 Å². The van der Waals surface area contributed by atoms with E-state index in [0.29, 0.717) is 6.07 Å². The first-order valence-electron chi connectivity index (χ1n) is 20.9. The normalized spacial score (nSPS) is 25.1. The molecule has 0 radical (unpaired) electrons. The second-order valence-electron chi connectivity index (χ2n) is 15.5. The van der Waals surface area contributed by atoms with Crippen LogP contribution in [-0.4, -0.2) is 219 Å². The fraction of sp³-hybridized carbons (Fsp3) is 0.622. The highest BCUT2D eigenvalue weighted by atomic mass is 32.1. The number of anilines is 1. The van der Waals surface area contributed by atoms with Crippen molar-refractivity contribution < 1.29 is 97.8 Å². The third-order valence-electron chi connectivity index (χ3n) is 10.2. The summed E-state index contributed by atoms with van der Waals surface area (Å²) in [6.07, 6.45) is -13.9. The molecule has 71 heavy (non-hydrogen) atoms. The molecule has 3 rings (SSSR count). The van der Waals surface area contributed by atoms with Gasteiger partial charge >= 0.3 is 0 Å². The van der Waals surface area contributed by atoms with E-state index in [1.807, 2.05) is 0 Å². The van der Waals surface area contributed by atoms with E-state index < -0.39 is 200 Å². The Morgan fingerprint density at radius 3 is 1.61 bits per heavy atom. The lowest BCUT2D eigenvalue weighted by Crippen LogP contribution is -2.65. The monoisotopic (exact) mass is 1040 g/mol. The lowest BCUT2D eigenvalue weighted by atomic mass is 9.97. The fourth-order valence-electron chi connectivity index (χ4n) is 6.57. The zero-order chi connectivity index (χ0) is 53.3. The van der Waals surface area contributed by atoms with E-state index in [1.165, 1.54) is 0 Å². The maximum atomic E-state index is 14.3. The van der Waals surface area contributed by atoms with Gasteiger partial charge in [-0.25, -0.2) is 0 Å². The van der Waals surface area contributed by atoms with Gasteiger partial charge in [-0.1, -0.05) is 0 Å². The maximum Gasteiger partial charge on any atom is 0.299 e. The van der Waals surface area contributed by atoms with Crippen LogP contribution in [0.5, 0.6) is 0 Å². The maximum absolute atomic E-state index is 14.3. The van der Waals surface area contributed by atoms with Gasteiger partial charge in [0, 0.05) is 25.7 Å². The summed E-state index contributed by atoms with van der Waals surface area (Å²) in [5, 5.41) is 104. The lowest BCUT2D eigenvalue weighted by Gasteiger charge is -2.42. The summed E-state index contributed by atoms with van der Waals surface area (Å²) in [7, 11) is 0. The summed E-state index contributed by atoms with van der Waals surface area (Å²) >= 11 is 3.88. The van der Waals surface area contributed by atoms with Crippen LogP contribution >= 0.6 is 12.6 Å². The van der Waals surface area contributed by atoms with Gasteiger partial charge in [0.2, 0.25) is 47.3 Å². The van der Waals surface area contributed by atoms with E-state index in [9.17, 15) is 89.2 Å². The van der Waals surface area contributed by atoms with E-state index in [-0.39, 0.29) is 5.75 Å². The average Bonchev–Trinajstić information content (AvgIpc) is 3.31. The second kappa shape index (κ2) is 27.8. The molecule has 2 aliphatic rings. The summed E-state index contributed by atoms with van der Waals surface area (Å²) in [6, 6.07) is -6.06. The summed E-state index contributed by atoms with van der Waals surface area (Å²) in [6.45, 7) is -4.11. The summed E-state index contributed by atoms with van der Waals surface area (Å²) < 4.78 is 22.5. The molecule has 16 N–H and O–H groups in total. The van der Waals surface area contributed by atoms with Crippen molar-refractivity contribution in [3.05, 3.63) is 38.4 Å². The van der Waals surface area contributed by atoms with Crippen LogP contribution < -0.4 is 48.3 Å². The molecule has 0 unspecified atom stereocenters. The molecule has 0 spiro atoms. The van der Waals surface area contributed by atoms with Gasteiger partial charge in [-0.3, -0.25) is 58.6 Å². The highest BCUT2D eigenvalue weighted by molar-refractivity contribution is 7.80. The largest absolute Gasteiger partial charge is 0.394 e. The number of non-ortho nitro benzene ring substituents is 1. The van der Waals surface area contributed by atoms with Crippen LogP contribution in [-0.2, 0) is 57.3 Å². The topological polar surface area (TPSA) is 503 Å². The number of aliphatic hydroxyl groups is 6. The van der Waals surface area contributed by atoms with Gasteiger partial charge in [-0.15, -0.1) is 0 Å². The molecule has 33 nitrogen and oxygen atoms in total. The van der Waals surface area contributed by atoms with Gasteiger partial charge in [0.1, 0.15) is 72.5 Å². The number of hydrogen-bond donors (Lipinski definition) is 16. The number of amides is 8. The van der Waals surface area contributed by atoms with Gasteiger partial charge in [-0.2, -0.15) is 12.6 Å². The Morgan fingerprint density at radius 1 is 0.690 bits per heavy atom. The van der Waals surface area contributed by atoms with Crippen molar-refractivity contribution >= 4 is 76.9 Å². The number of benzene rings is 1. The first-order chi connectivity index (χ1) is 33.4. The van der Waals surface area contributed by atoms with Crippen LogP contribution in [0.2, 0.25) is 0 Å². The van der Waals surface area contributed by atoms with Crippen LogP contribution in [0.3, 0.4) is 0 Å². The third kappa shape index (κ3) is 17.4. The number of nitrogens with two attached hydrogens (primary N) is 1. The minimum atomic E-state index is -2.00. The Hall–Kier alpha value is -6.47. The van der Waals surface area contributed by atoms with Crippen molar-refractivity contribution in [2.45, 2.75) is 93.3 Å². The molecule has 2 aliphatic heterocycles. The molecular weight excluding hydrogens is 983 g/mol. The highest BCUT2D eigenvalue weighted by Crippen LogP contribution is 2.30. The average molecular weight is 1040 g/mol. The number of nitrogens with one attached hydrogen (secondary N) is 8. The molecule has 0 aliphatic carbocycles. The predicted molar refractivity (Wildman–Crippen MR) is 236 cm³/mol. The van der Waals surface area contributed by atoms with E-state index >= 15 is 0 Å². The number of thiol groups is 1. The number of hydrogen-bond acceptors (Lipinski definition) is 24. The highest BCUT2D eigenvalue weighted by Gasteiger charge is 2.47. The van der Waals surface area contributed by atoms with Crippen molar-refractivity contribution in [2.24, 2.45) is 5.73 Å². The van der Waals surface area contributed by atoms with Crippen LogP contribution in [0.15, 0.2) is 18.2 Å². The minimum absolute atomic E-state index is 0.141. The number of carbonyl (C=O) groups is 8. The number of nitro groups is 2. The van der Waals surface area contributed by atoms with Gasteiger partial charge in [0.25, 0.3) is 11.4 Å². The number of ether oxygens (including phenoxy) is 4. The van der Waals surface area contributed by atoms with Gasteiger partial charge in [0.05, 0.1) is 62.0 Å². The zero-order valence-corrected chi connectivity index (χ0v) is 38.4. The van der Waals surface area contributed by atoms with Crippen LogP contribution in [0, 0.1) is 20.2 Å². The predicted octanol–water partition coefficient (Wildman–Crippen LogP) is -9.06. The molecule has 0 saturated carbocycles. The van der Waals surface area contributed by atoms with Crippen molar-refractivity contribution in [1.82, 2.24) is 37.2 Å². The van der Waals surface area contributed by atoms with E-state index in [4.69, 9.17) is 24.7 Å². The molecule has 1 aromatic rings. The van der Waals surface area contributed by atoms with E-state index in [2.05, 4.69) is 55.2 Å². The van der Waals surface area contributed by atoms with E-state index in [1.54, 1.807) is 0 Å². The van der Waals surface area contributed by atoms with E-state index in [0.717, 1.165) is 26.0 Å². The Morgan fingerprint density at radius 2 is 1.17 bits per heavy atom. The third-order valence-corrected chi connectivity index (χ3v) is 10.6. The number of rotatable bonds is 26. The van der Waals surface area contributed by atoms with Crippen molar-refractivity contribution in [1.29, 1.82) is 0 Å². The molecule has 2 saturated heterocycles. The molecule has 13 atom stereocenters. The Labute approximate surface area is 405 Å². The summed E-state index contributed by atoms with van der Waals surface area (Å²) in [4.78, 5) is 122. The number of nitro benzene ring substituents is 2. The molecule has 0 aromatic heterocycles. The van der Waals surface area contributed by atoms with Crippen LogP contribution in [0.25, 0.3) is 0 Å². The second-order valence-corrected chi connectivity index (χ2v) is 15.8. The van der Waals surface area contributed by atoms with Crippen molar-refractivity contribution in [2.75, 3.05) is 57.1 Å². The Balaban J connectivity index is 1.95. The quantitative estimate of drug-likeness (QED) is 0.0233. The Bertz CT molecular complexity index is 2110. The molecule has 0 bridgehead atoms. The number of primary amides is 1. The molecular formula is C37H55N11O22S. The molecule has 1 aromatic carbocycles. The van der Waals surface area contributed by atoms with Gasteiger partial charge in [0.15, 0.2) is 12.6 Å². The smallest absolute Gasteiger partial charge is 0.299 e. The molecule has 396 valence electrons. The van der Waals surface area contributed by atoms with Crippen LogP contribution in [0.1, 0.15) is 13.8 Å². The summed E-state index contributed by atoms with van der Waals surface area (Å²) in [5.41, 5.74) is 2.88. The SMILES string of the molecule is CC(=O)N[C@H]1[C@@H](OC[C@H](NC(=O)[C@H](CO[C@H]2O[C@H](CO)[C@H](O)[C@H](O)[C@H]2NC(C)=O)Nc2ccc([N+](=O)[O-])cc2[N+](=O)[O-])C(=O)NCC(=O)NCC(=O)NCC(=O)N[C@@H](CS)C(N)=O)O[C@H](CO)[C@H](O)[C@@H]1O. The standard InChI is InChI=1S/C37H55N11O22S/c1-14(51)42-27-31(58)29(56)22(9-49)69-36(27)67-11-18(34(61)41-7-25(54)39-6-24(53)40-8-26(55)45-20(13-71)33(38)60)46-35(62)19(44-17-4-3-16(47(63)64)5-21(17)48(65)66)12-68-37-28(43-15(2)52)32(59)30(57)23(10-50)70-37/h3-5,18-20,22-23,27-32,36-37,44,49-50,56-59,71H,6-13H2,1-2H3,(H2,38,60)(H,39,54)(H,40,53)(H,41,61)(H,42,51)(H,43,52)(H,45,55)(H,46,62)/t18-,19-,20-,22+,23+,27+,28+,29-,30-,31+,32+,36-,37-/m0/s1. The number of nitrogens with zero attached hydrogens (tertiary/aromatic N) is 2. The number of carbonyl (C=O) groups excluding carboxylic acids is 8. The minimum Gasteiger partial charge on any atom is -0.394 e. The zero-order valence-electron chi connectivity index (χ0n) is 37.5. The molecule has 2 heterocycles. The number of aliphatic hydroxyl groups excluding tert-OH is 6. The molecule has 2 fully saturated rings. The Kier molecular flexibility index (Phi) is 23.0. The van der Waals surface area contributed by atoms with Crippen LogP contribution in [0.4, 0.5) is 17.1 Å². The lowest BCUT2D eigenvalue weighted by molar-refractivity contribution is -0.393. The molecule has 34 heteroatoms. The summed E-state index contributed by atoms with van der Waals surface area (Å²) in [5.74, 6) is -7.96.